The summed E-state index contributed by atoms with van der Waals surface area (Å²) in [5, 5.41) is 8.17. The zero-order chi connectivity index (χ0) is 17.8. The van der Waals surface area contributed by atoms with Gasteiger partial charge in [-0.15, -0.1) is 0 Å². The van der Waals surface area contributed by atoms with Crippen molar-refractivity contribution in [3.63, 3.8) is 0 Å². The molecule has 2 aromatic heterocycles. The molecule has 0 saturated heterocycles. The Bertz CT molecular complexity index is 910. The summed E-state index contributed by atoms with van der Waals surface area (Å²) in [5.74, 6) is 0.222. The largest absolute Gasteiger partial charge is 0.452 e. The van der Waals surface area contributed by atoms with Crippen LogP contribution in [0.5, 0.6) is 0 Å². The van der Waals surface area contributed by atoms with Gasteiger partial charge in [-0.05, 0) is 19.9 Å². The summed E-state index contributed by atoms with van der Waals surface area (Å²) >= 11 is 0. The summed E-state index contributed by atoms with van der Waals surface area (Å²) < 4.78 is 12.0. The molecule has 7 nitrogen and oxygen atoms in total. The Hall–Kier alpha value is -3.22. The lowest BCUT2D eigenvalue weighted by atomic mass is 10.2. The molecule has 7 heteroatoms. The van der Waals surface area contributed by atoms with Gasteiger partial charge in [-0.3, -0.25) is 4.68 Å². The van der Waals surface area contributed by atoms with Gasteiger partial charge in [-0.25, -0.2) is 4.79 Å². The molecule has 0 aliphatic heterocycles. The first-order chi connectivity index (χ1) is 12.0. The average molecular weight is 338 g/mol. The predicted octanol–water partition coefficient (Wildman–Crippen LogP) is 2.84. The van der Waals surface area contributed by atoms with Crippen LogP contribution < -0.4 is 0 Å². The highest BCUT2D eigenvalue weighted by Gasteiger charge is 2.10. The second-order valence-electron chi connectivity index (χ2n) is 5.53. The third kappa shape index (κ3) is 3.82. The molecule has 0 fully saturated rings. The summed E-state index contributed by atoms with van der Waals surface area (Å²) in [6.07, 6.45) is 3.06. The van der Waals surface area contributed by atoms with E-state index in [4.69, 9.17) is 9.26 Å². The summed E-state index contributed by atoms with van der Waals surface area (Å²) in [6.45, 7) is 3.75. The molecule has 3 aromatic rings. The van der Waals surface area contributed by atoms with E-state index in [0.29, 0.717) is 5.82 Å². The Morgan fingerprint density at radius 2 is 2.04 bits per heavy atom. The van der Waals surface area contributed by atoms with Crippen LogP contribution in [0.4, 0.5) is 0 Å². The monoisotopic (exact) mass is 338 g/mol. The third-order valence-electron chi connectivity index (χ3n) is 3.79. The van der Waals surface area contributed by atoms with Crippen LogP contribution in [0, 0.1) is 13.8 Å². The van der Waals surface area contributed by atoms with E-state index in [-0.39, 0.29) is 12.5 Å². The second kappa shape index (κ2) is 7.12. The lowest BCUT2D eigenvalue weighted by Gasteiger charge is -1.97. The fraction of sp³-hybridized carbons (Fsp3) is 0.222. The highest BCUT2D eigenvalue weighted by atomic mass is 16.6. The maximum absolute atomic E-state index is 11.9. The standard InChI is InChI=1S/C18H18N4O3/c1-12-15(13(2)22(3)20-12)9-10-17(23)24-11-16-19-18(21-25-16)14-7-5-4-6-8-14/h4-10H,11H2,1-3H3/b10-9+. The Morgan fingerprint density at radius 3 is 2.72 bits per heavy atom. The molecule has 3 rings (SSSR count). The molecule has 0 atom stereocenters. The van der Waals surface area contributed by atoms with E-state index in [1.54, 1.807) is 10.8 Å². The number of aryl methyl sites for hydroxylation is 2. The minimum atomic E-state index is -0.484. The number of ether oxygens (including phenoxy) is 1. The molecule has 0 N–H and O–H groups in total. The van der Waals surface area contributed by atoms with Gasteiger partial charge in [0.2, 0.25) is 5.82 Å². The van der Waals surface area contributed by atoms with E-state index < -0.39 is 5.97 Å². The number of hydrogen-bond donors (Lipinski definition) is 0. The van der Waals surface area contributed by atoms with E-state index in [1.165, 1.54) is 6.08 Å². The van der Waals surface area contributed by atoms with Gasteiger partial charge in [-0.2, -0.15) is 10.1 Å². The number of esters is 1. The first-order valence-electron chi connectivity index (χ1n) is 7.77. The molecule has 0 aliphatic rings. The maximum atomic E-state index is 11.9. The summed E-state index contributed by atoms with van der Waals surface area (Å²) in [5.41, 5.74) is 3.58. The smallest absolute Gasteiger partial charge is 0.331 e. The van der Waals surface area contributed by atoms with Crippen LogP contribution in [0.25, 0.3) is 17.5 Å². The Labute approximate surface area is 144 Å². The molecule has 0 amide bonds. The second-order valence-corrected chi connectivity index (χ2v) is 5.53. The van der Waals surface area contributed by atoms with Crippen LogP contribution in [0.1, 0.15) is 22.8 Å². The van der Waals surface area contributed by atoms with Crippen molar-refractivity contribution in [1.82, 2.24) is 19.9 Å². The highest BCUT2D eigenvalue weighted by molar-refractivity contribution is 5.87. The number of benzene rings is 1. The molecule has 0 bridgehead atoms. The quantitative estimate of drug-likeness (QED) is 0.525. The fourth-order valence-electron chi connectivity index (χ4n) is 2.38. The minimum absolute atomic E-state index is 0.0754. The van der Waals surface area contributed by atoms with Crippen molar-refractivity contribution in [2.45, 2.75) is 20.5 Å². The van der Waals surface area contributed by atoms with Crippen LogP contribution in [0.3, 0.4) is 0 Å². The van der Waals surface area contributed by atoms with Crippen molar-refractivity contribution in [2.75, 3.05) is 0 Å². The molecule has 0 unspecified atom stereocenters. The predicted molar refractivity (Wildman–Crippen MR) is 91.2 cm³/mol. The Morgan fingerprint density at radius 1 is 1.28 bits per heavy atom. The first-order valence-corrected chi connectivity index (χ1v) is 7.77. The van der Waals surface area contributed by atoms with E-state index >= 15 is 0 Å². The van der Waals surface area contributed by atoms with E-state index in [9.17, 15) is 4.79 Å². The Balaban J connectivity index is 1.59. The van der Waals surface area contributed by atoms with Gasteiger partial charge in [0.25, 0.3) is 5.89 Å². The zero-order valence-corrected chi connectivity index (χ0v) is 14.3. The number of hydrogen-bond acceptors (Lipinski definition) is 6. The van der Waals surface area contributed by atoms with Crippen molar-refractivity contribution in [3.8, 4) is 11.4 Å². The molecule has 0 radical (unpaired) electrons. The number of rotatable bonds is 5. The van der Waals surface area contributed by atoms with E-state index in [1.807, 2.05) is 51.2 Å². The summed E-state index contributed by atoms with van der Waals surface area (Å²) in [4.78, 5) is 16.1. The molecule has 1 aromatic carbocycles. The van der Waals surface area contributed by atoms with Crippen LogP contribution in [0.2, 0.25) is 0 Å². The van der Waals surface area contributed by atoms with Gasteiger partial charge in [-0.1, -0.05) is 35.5 Å². The fourth-order valence-corrected chi connectivity index (χ4v) is 2.38. The number of carbonyl (C=O) groups excluding carboxylic acids is 1. The van der Waals surface area contributed by atoms with Crippen LogP contribution in [-0.4, -0.2) is 25.9 Å². The zero-order valence-electron chi connectivity index (χ0n) is 14.3. The summed E-state index contributed by atoms with van der Waals surface area (Å²) in [6, 6.07) is 9.44. The van der Waals surface area contributed by atoms with Gasteiger partial charge in [0.1, 0.15) is 0 Å². The lowest BCUT2D eigenvalue weighted by Crippen LogP contribution is -2.01. The van der Waals surface area contributed by atoms with Gasteiger partial charge in [0.05, 0.1) is 5.69 Å². The normalized spacial score (nSPS) is 11.2. The Kier molecular flexibility index (Phi) is 4.74. The molecular formula is C18H18N4O3. The van der Waals surface area contributed by atoms with Crippen molar-refractivity contribution in [2.24, 2.45) is 7.05 Å². The van der Waals surface area contributed by atoms with Crippen LogP contribution >= 0.6 is 0 Å². The van der Waals surface area contributed by atoms with Crippen molar-refractivity contribution >= 4 is 12.0 Å². The van der Waals surface area contributed by atoms with Crippen molar-refractivity contribution in [3.05, 3.63) is 59.2 Å². The number of aromatic nitrogens is 4. The molecule has 25 heavy (non-hydrogen) atoms. The topological polar surface area (TPSA) is 83.0 Å². The number of carbonyl (C=O) groups is 1. The lowest BCUT2D eigenvalue weighted by molar-refractivity contribution is -0.139. The van der Waals surface area contributed by atoms with Crippen LogP contribution in [-0.2, 0) is 23.2 Å². The average Bonchev–Trinajstić information content (AvgIpc) is 3.18. The van der Waals surface area contributed by atoms with E-state index in [2.05, 4.69) is 15.2 Å². The maximum Gasteiger partial charge on any atom is 0.331 e. The minimum Gasteiger partial charge on any atom is -0.452 e. The molecule has 0 aliphatic carbocycles. The SMILES string of the molecule is Cc1nn(C)c(C)c1/C=C/C(=O)OCc1nc(-c2ccccc2)no1. The first kappa shape index (κ1) is 16.6. The number of nitrogens with zero attached hydrogens (tertiary/aromatic N) is 4. The van der Waals surface area contributed by atoms with Gasteiger partial charge >= 0.3 is 5.97 Å². The van der Waals surface area contributed by atoms with Gasteiger partial charge < -0.3 is 9.26 Å². The van der Waals surface area contributed by atoms with Gasteiger partial charge in [0, 0.05) is 29.9 Å². The van der Waals surface area contributed by atoms with Crippen LogP contribution in [0.15, 0.2) is 40.9 Å². The van der Waals surface area contributed by atoms with Crippen molar-refractivity contribution < 1.29 is 14.1 Å². The highest BCUT2D eigenvalue weighted by Crippen LogP contribution is 2.16. The van der Waals surface area contributed by atoms with E-state index in [0.717, 1.165) is 22.5 Å². The van der Waals surface area contributed by atoms with Crippen molar-refractivity contribution in [1.29, 1.82) is 0 Å². The molecule has 128 valence electrons. The molecular weight excluding hydrogens is 320 g/mol. The van der Waals surface area contributed by atoms with Gasteiger partial charge in [0.15, 0.2) is 6.61 Å². The molecule has 0 spiro atoms. The molecule has 0 saturated carbocycles. The third-order valence-corrected chi connectivity index (χ3v) is 3.79. The summed E-state index contributed by atoms with van der Waals surface area (Å²) in [7, 11) is 1.86. The molecule has 2 heterocycles.